The Kier molecular flexibility index (Phi) is 4.13. The van der Waals surface area contributed by atoms with E-state index in [9.17, 15) is 9.59 Å². The molecule has 1 aliphatic rings. The van der Waals surface area contributed by atoms with Gasteiger partial charge in [0.1, 0.15) is 17.1 Å². The third-order valence-corrected chi connectivity index (χ3v) is 6.03. The molecule has 0 fully saturated rings. The highest BCUT2D eigenvalue weighted by atomic mass is 16.5. The van der Waals surface area contributed by atoms with Crippen LogP contribution in [0, 0.1) is 6.92 Å². The van der Waals surface area contributed by atoms with Crippen LogP contribution in [0.15, 0.2) is 80.5 Å². The molecule has 1 atom stereocenters. The van der Waals surface area contributed by atoms with E-state index in [-0.39, 0.29) is 16.8 Å². The first-order valence-electron chi connectivity index (χ1n) is 10.5. The fraction of sp³-hybridized carbons (Fsp3) is 0.115. The minimum Gasteiger partial charge on any atom is -0.497 e. The van der Waals surface area contributed by atoms with E-state index in [4.69, 9.17) is 13.7 Å². The van der Waals surface area contributed by atoms with Crippen molar-refractivity contribution >= 4 is 33.5 Å². The molecule has 0 N–H and O–H groups in total. The van der Waals surface area contributed by atoms with Gasteiger partial charge in [-0.15, -0.1) is 0 Å². The highest BCUT2D eigenvalue weighted by Gasteiger charge is 2.45. The van der Waals surface area contributed by atoms with Crippen molar-refractivity contribution in [3.63, 3.8) is 0 Å². The number of carbonyl (C=O) groups is 1. The maximum atomic E-state index is 13.8. The molecular formula is C26H18N2O5. The molecule has 5 aromatic rings. The number of methoxy groups -OCH3 is 1. The van der Waals surface area contributed by atoms with Crippen molar-refractivity contribution < 1.29 is 18.5 Å². The molecule has 2 aromatic heterocycles. The van der Waals surface area contributed by atoms with Crippen LogP contribution in [-0.2, 0) is 0 Å². The van der Waals surface area contributed by atoms with Gasteiger partial charge in [-0.1, -0.05) is 47.6 Å². The van der Waals surface area contributed by atoms with E-state index in [1.54, 1.807) is 38.3 Å². The number of aromatic nitrogens is 1. The van der Waals surface area contributed by atoms with Crippen molar-refractivity contribution in [3.05, 3.63) is 99.6 Å². The molecule has 0 unspecified atom stereocenters. The van der Waals surface area contributed by atoms with E-state index in [0.29, 0.717) is 33.9 Å². The average molecular weight is 438 g/mol. The summed E-state index contributed by atoms with van der Waals surface area (Å²) in [6.45, 7) is 1.74. The van der Waals surface area contributed by atoms with E-state index >= 15 is 0 Å². The fourth-order valence-electron chi connectivity index (χ4n) is 4.53. The molecule has 7 nitrogen and oxygen atoms in total. The van der Waals surface area contributed by atoms with E-state index in [2.05, 4.69) is 5.16 Å². The van der Waals surface area contributed by atoms with Gasteiger partial charge in [-0.25, -0.2) is 0 Å². The minimum atomic E-state index is -0.737. The lowest BCUT2D eigenvalue weighted by atomic mass is 9.97. The highest BCUT2D eigenvalue weighted by molar-refractivity contribution is 6.12. The predicted octanol–water partition coefficient (Wildman–Crippen LogP) is 5.00. The molecule has 0 saturated heterocycles. The topological polar surface area (TPSA) is 85.8 Å². The third kappa shape index (κ3) is 2.79. The summed E-state index contributed by atoms with van der Waals surface area (Å²) in [5.41, 5.74) is 1.12. The summed E-state index contributed by atoms with van der Waals surface area (Å²) in [5.74, 6) is 1.04. The summed E-state index contributed by atoms with van der Waals surface area (Å²) < 4.78 is 16.8. The first kappa shape index (κ1) is 19.3. The van der Waals surface area contributed by atoms with E-state index in [1.807, 2.05) is 42.5 Å². The minimum absolute atomic E-state index is 0.0114. The van der Waals surface area contributed by atoms with Crippen LogP contribution in [0.1, 0.15) is 33.5 Å². The third-order valence-electron chi connectivity index (χ3n) is 6.03. The van der Waals surface area contributed by atoms with Crippen LogP contribution >= 0.6 is 0 Å². The van der Waals surface area contributed by atoms with Crippen LogP contribution in [-0.4, -0.2) is 18.2 Å². The fourth-order valence-corrected chi connectivity index (χ4v) is 4.53. The van der Waals surface area contributed by atoms with Gasteiger partial charge >= 0.3 is 0 Å². The van der Waals surface area contributed by atoms with Gasteiger partial charge in [0.05, 0.1) is 24.1 Å². The molecule has 162 valence electrons. The van der Waals surface area contributed by atoms with Crippen LogP contribution in [0.3, 0.4) is 0 Å². The van der Waals surface area contributed by atoms with Crippen molar-refractivity contribution in [1.29, 1.82) is 0 Å². The van der Waals surface area contributed by atoms with E-state index in [0.717, 1.165) is 10.8 Å². The maximum Gasteiger partial charge on any atom is 0.296 e. The van der Waals surface area contributed by atoms with E-state index < -0.39 is 11.9 Å². The van der Waals surface area contributed by atoms with Gasteiger partial charge in [0.15, 0.2) is 11.2 Å². The predicted molar refractivity (Wildman–Crippen MR) is 123 cm³/mol. The van der Waals surface area contributed by atoms with Crippen molar-refractivity contribution in [2.75, 3.05) is 12.0 Å². The van der Waals surface area contributed by atoms with Crippen LogP contribution < -0.4 is 15.1 Å². The first-order chi connectivity index (χ1) is 16.1. The Labute approximate surface area is 187 Å². The number of amides is 1. The molecule has 1 amide bonds. The maximum absolute atomic E-state index is 13.8. The number of hydrogen-bond donors (Lipinski definition) is 0. The Morgan fingerprint density at radius 3 is 2.61 bits per heavy atom. The summed E-state index contributed by atoms with van der Waals surface area (Å²) in [7, 11) is 1.57. The van der Waals surface area contributed by atoms with Gasteiger partial charge in [0, 0.05) is 11.5 Å². The lowest BCUT2D eigenvalue weighted by Crippen LogP contribution is -2.29. The highest BCUT2D eigenvalue weighted by Crippen LogP contribution is 2.42. The van der Waals surface area contributed by atoms with Crippen LogP contribution in [0.2, 0.25) is 0 Å². The Bertz CT molecular complexity index is 1630. The number of anilines is 1. The van der Waals surface area contributed by atoms with Crippen LogP contribution in [0.5, 0.6) is 5.75 Å². The summed E-state index contributed by atoms with van der Waals surface area (Å²) in [5, 5.41) is 6.17. The lowest BCUT2D eigenvalue weighted by molar-refractivity contribution is 0.0969. The average Bonchev–Trinajstić information content (AvgIpc) is 3.40. The second-order valence-corrected chi connectivity index (χ2v) is 7.99. The van der Waals surface area contributed by atoms with Gasteiger partial charge in [-0.05, 0) is 36.1 Å². The molecular weight excluding hydrogens is 420 g/mol. The zero-order valence-electron chi connectivity index (χ0n) is 17.9. The number of ether oxygens (including phenoxy) is 1. The second kappa shape index (κ2) is 7.06. The quantitative estimate of drug-likeness (QED) is 0.369. The summed E-state index contributed by atoms with van der Waals surface area (Å²) >= 11 is 0. The van der Waals surface area contributed by atoms with Crippen molar-refractivity contribution in [2.45, 2.75) is 13.0 Å². The molecule has 0 saturated carbocycles. The van der Waals surface area contributed by atoms with Crippen molar-refractivity contribution in [2.24, 2.45) is 0 Å². The zero-order valence-corrected chi connectivity index (χ0v) is 17.9. The standard InChI is InChI=1S/C26H18N2O5/c1-14-12-20(27-33-14)28-22(16-7-5-8-17(13-16)31-2)21-23(29)19-11-10-15-6-3-4-9-18(15)24(19)32-25(21)26(28)30/h3-13,22H,1-2H3/t22-/m0/s1. The Balaban J connectivity index is 1.68. The van der Waals surface area contributed by atoms with Gasteiger partial charge in [-0.2, -0.15) is 0 Å². The summed E-state index contributed by atoms with van der Waals surface area (Å²) in [6, 6.07) is 19.4. The Morgan fingerprint density at radius 2 is 1.82 bits per heavy atom. The van der Waals surface area contributed by atoms with Gasteiger partial charge in [-0.3, -0.25) is 14.5 Å². The molecule has 3 aromatic carbocycles. The SMILES string of the molecule is COc1cccc([C@H]2c3c(oc4c(ccc5ccccc54)c3=O)C(=O)N2c2cc(C)on2)c1. The van der Waals surface area contributed by atoms with Crippen LogP contribution in [0.4, 0.5) is 5.82 Å². The number of nitrogens with zero attached hydrogens (tertiary/aromatic N) is 2. The largest absolute Gasteiger partial charge is 0.497 e. The Hall–Kier alpha value is -4.39. The van der Waals surface area contributed by atoms with Gasteiger partial charge < -0.3 is 13.7 Å². The molecule has 0 spiro atoms. The number of carbonyl (C=O) groups excluding carboxylic acids is 1. The van der Waals surface area contributed by atoms with Crippen LogP contribution in [0.25, 0.3) is 21.7 Å². The molecule has 0 bridgehead atoms. The summed E-state index contributed by atoms with van der Waals surface area (Å²) in [6.07, 6.45) is 0. The molecule has 7 heteroatoms. The number of hydrogen-bond acceptors (Lipinski definition) is 6. The monoisotopic (exact) mass is 438 g/mol. The molecule has 3 heterocycles. The lowest BCUT2D eigenvalue weighted by Gasteiger charge is -2.22. The molecule has 0 radical (unpaired) electrons. The van der Waals surface area contributed by atoms with Crippen molar-refractivity contribution in [1.82, 2.24) is 5.16 Å². The normalized spacial score (nSPS) is 15.4. The molecule has 1 aliphatic heterocycles. The summed E-state index contributed by atoms with van der Waals surface area (Å²) in [4.78, 5) is 28.9. The number of aryl methyl sites for hydroxylation is 1. The molecule has 33 heavy (non-hydrogen) atoms. The molecule has 0 aliphatic carbocycles. The van der Waals surface area contributed by atoms with Gasteiger partial charge in [0.25, 0.3) is 5.91 Å². The smallest absolute Gasteiger partial charge is 0.296 e. The Morgan fingerprint density at radius 1 is 0.970 bits per heavy atom. The van der Waals surface area contributed by atoms with E-state index in [1.165, 1.54) is 4.90 Å². The number of fused-ring (bicyclic) bond motifs is 4. The molecule has 6 rings (SSSR count). The van der Waals surface area contributed by atoms with Gasteiger partial charge in [0.2, 0.25) is 5.76 Å². The van der Waals surface area contributed by atoms with Crippen molar-refractivity contribution in [3.8, 4) is 5.75 Å². The number of rotatable bonds is 3. The first-order valence-corrected chi connectivity index (χ1v) is 10.5. The second-order valence-electron chi connectivity index (χ2n) is 7.99. The number of benzene rings is 3. The zero-order chi connectivity index (χ0) is 22.7.